The van der Waals surface area contributed by atoms with E-state index in [2.05, 4.69) is 19.2 Å². The number of rotatable bonds is 4. The molecule has 0 saturated carbocycles. The van der Waals surface area contributed by atoms with Crippen LogP contribution in [0.4, 0.5) is 11.4 Å². The van der Waals surface area contributed by atoms with Gasteiger partial charge in [0.15, 0.2) is 0 Å². The van der Waals surface area contributed by atoms with Crippen LogP contribution in [-0.4, -0.2) is 24.9 Å². The first-order valence-corrected chi connectivity index (χ1v) is 5.37. The number of nitrogens with two attached hydrogens (primary N) is 1. The Morgan fingerprint density at radius 3 is 2.05 bits per heavy atom. The second-order valence-corrected chi connectivity index (χ2v) is 3.46. The third-order valence-electron chi connectivity index (χ3n) is 2.37. The molecular formula is C12H16N4O2Y-2. The third kappa shape index (κ3) is 5.26. The van der Waals surface area contributed by atoms with Gasteiger partial charge in [0, 0.05) is 44.1 Å². The van der Waals surface area contributed by atoms with E-state index >= 15 is 0 Å². The van der Waals surface area contributed by atoms with E-state index in [0.29, 0.717) is 18.8 Å². The van der Waals surface area contributed by atoms with Gasteiger partial charge in [-0.25, -0.2) is 5.84 Å². The number of nitrogens with one attached hydrogen (secondary N) is 2. The van der Waals surface area contributed by atoms with Crippen LogP contribution in [-0.2, 0) is 42.3 Å². The Kier molecular flexibility index (Phi) is 8.55. The zero-order valence-electron chi connectivity index (χ0n) is 10.6. The van der Waals surface area contributed by atoms with Gasteiger partial charge in [-0.3, -0.25) is 15.0 Å². The number of hydrazine groups is 1. The summed E-state index contributed by atoms with van der Waals surface area (Å²) in [5.74, 6) is 3.14. The smallest absolute Gasteiger partial charge is 0.323 e. The fourth-order valence-electron chi connectivity index (χ4n) is 1.38. The van der Waals surface area contributed by atoms with Crippen LogP contribution in [0.1, 0.15) is 0 Å². The quantitative estimate of drug-likeness (QED) is 0.239. The molecule has 0 unspecified atom stereocenters. The normalized spacial score (nSPS) is 9.21. The van der Waals surface area contributed by atoms with E-state index in [-0.39, 0.29) is 32.7 Å². The van der Waals surface area contributed by atoms with Gasteiger partial charge < -0.3 is 24.1 Å². The molecule has 0 aromatic heterocycles. The molecule has 0 aliphatic carbocycles. The van der Waals surface area contributed by atoms with Crippen molar-refractivity contribution >= 4 is 23.2 Å². The number of carbonyl (C=O) groups excluding carboxylic acids is 2. The molecule has 0 atom stereocenters. The molecule has 0 aliphatic heterocycles. The molecule has 4 N–H and O–H groups in total. The molecule has 0 bridgehead atoms. The molecule has 101 valence electrons. The molecule has 0 spiro atoms. The first kappa shape index (κ1) is 18.0. The molecule has 19 heavy (non-hydrogen) atoms. The summed E-state index contributed by atoms with van der Waals surface area (Å²) in [5, 5.41) is 2.41. The molecule has 0 heterocycles. The molecule has 1 rings (SSSR count). The molecule has 6 nitrogen and oxygen atoms in total. The van der Waals surface area contributed by atoms with Gasteiger partial charge in [-0.2, -0.15) is 0 Å². The van der Waals surface area contributed by atoms with Crippen molar-refractivity contribution in [2.24, 2.45) is 5.84 Å². The Labute approximate surface area is 137 Å². The van der Waals surface area contributed by atoms with E-state index < -0.39 is 11.8 Å². The molecular weight excluding hydrogens is 321 g/mol. The van der Waals surface area contributed by atoms with Gasteiger partial charge in [0.25, 0.3) is 0 Å². The van der Waals surface area contributed by atoms with Crippen molar-refractivity contribution in [2.45, 2.75) is 0 Å². The molecule has 1 aromatic carbocycles. The van der Waals surface area contributed by atoms with Gasteiger partial charge in [0.2, 0.25) is 0 Å². The van der Waals surface area contributed by atoms with Gasteiger partial charge in [0.1, 0.15) is 0 Å². The van der Waals surface area contributed by atoms with Crippen LogP contribution in [0, 0.1) is 13.8 Å². The minimum Gasteiger partial charge on any atom is -0.432 e. The average molecular weight is 337 g/mol. The Balaban J connectivity index is 0.00000324. The van der Waals surface area contributed by atoms with E-state index in [4.69, 9.17) is 5.84 Å². The molecule has 0 saturated heterocycles. The van der Waals surface area contributed by atoms with E-state index in [1.807, 2.05) is 17.0 Å². The molecule has 0 aliphatic rings. The van der Waals surface area contributed by atoms with E-state index in [1.165, 1.54) is 0 Å². The zero-order chi connectivity index (χ0) is 13.5. The van der Waals surface area contributed by atoms with E-state index in [1.54, 1.807) is 17.6 Å². The van der Waals surface area contributed by atoms with Crippen LogP contribution in [0.15, 0.2) is 24.3 Å². The van der Waals surface area contributed by atoms with E-state index in [9.17, 15) is 9.59 Å². The summed E-state index contributed by atoms with van der Waals surface area (Å²) in [6.45, 7) is 8.78. The standard InChI is InChI=1S/C12H16N4O2.Y/c1-3-16(4-2)10-7-5-9(6-8-10)14-11(17)12(18)15-13;/h5-8H,1-4,13H2,(H,14,17)(H,15,18);/q-2;. The van der Waals surface area contributed by atoms with Crippen LogP contribution in [0.5, 0.6) is 0 Å². The Morgan fingerprint density at radius 1 is 1.11 bits per heavy atom. The second-order valence-electron chi connectivity index (χ2n) is 3.46. The van der Waals surface area contributed by atoms with Crippen molar-refractivity contribution in [3.63, 3.8) is 0 Å². The summed E-state index contributed by atoms with van der Waals surface area (Å²) in [5.41, 5.74) is 3.22. The number of benzene rings is 1. The maximum atomic E-state index is 11.2. The summed E-state index contributed by atoms with van der Waals surface area (Å²) >= 11 is 0. The van der Waals surface area contributed by atoms with Crippen LogP contribution in [0.3, 0.4) is 0 Å². The van der Waals surface area contributed by atoms with Gasteiger partial charge in [-0.1, -0.05) is 0 Å². The number of hydrogen-bond donors (Lipinski definition) is 3. The van der Waals surface area contributed by atoms with Crippen molar-refractivity contribution in [3.8, 4) is 0 Å². The minimum absolute atomic E-state index is 0. The van der Waals surface area contributed by atoms with Crippen LogP contribution < -0.4 is 21.5 Å². The number of hydrogen-bond acceptors (Lipinski definition) is 4. The monoisotopic (exact) mass is 337 g/mol. The topological polar surface area (TPSA) is 87.5 Å². The number of nitrogens with zero attached hydrogens (tertiary/aromatic N) is 1. The van der Waals surface area contributed by atoms with Crippen LogP contribution in [0.2, 0.25) is 0 Å². The largest absolute Gasteiger partial charge is 0.432 e. The second kappa shape index (κ2) is 9.01. The van der Waals surface area contributed by atoms with Gasteiger partial charge >= 0.3 is 11.8 Å². The summed E-state index contributed by atoms with van der Waals surface area (Å²) in [6, 6.07) is 7.00. The predicted octanol–water partition coefficient (Wildman–Crippen LogP) is 0.0871. The Bertz CT molecular complexity index is 418. The molecule has 1 radical (unpaired) electrons. The average Bonchev–Trinajstić information content (AvgIpc) is 2.41. The summed E-state index contributed by atoms with van der Waals surface area (Å²) in [4.78, 5) is 24.1. The Morgan fingerprint density at radius 2 is 1.63 bits per heavy atom. The van der Waals surface area contributed by atoms with Crippen molar-refractivity contribution in [2.75, 3.05) is 23.3 Å². The van der Waals surface area contributed by atoms with E-state index in [0.717, 1.165) is 5.69 Å². The zero-order valence-corrected chi connectivity index (χ0v) is 13.4. The molecule has 1 aromatic rings. The maximum Gasteiger partial charge on any atom is 0.323 e. The molecule has 7 heteroatoms. The minimum atomic E-state index is -0.892. The summed E-state index contributed by atoms with van der Waals surface area (Å²) in [7, 11) is 0. The summed E-state index contributed by atoms with van der Waals surface area (Å²) in [6.07, 6.45) is 0. The first-order valence-electron chi connectivity index (χ1n) is 5.37. The van der Waals surface area contributed by atoms with Crippen molar-refractivity contribution < 1.29 is 42.3 Å². The molecule has 0 fully saturated rings. The number of amides is 2. The Hall–Kier alpha value is -0.976. The number of anilines is 2. The maximum absolute atomic E-state index is 11.2. The SMILES string of the molecule is [CH2-]CN(C[CH2-])c1ccc(NC(=O)C(=O)NN)cc1.[Y]. The number of carbonyl (C=O) groups is 2. The predicted molar refractivity (Wildman–Crippen MR) is 70.3 cm³/mol. The third-order valence-corrected chi connectivity index (χ3v) is 2.37. The van der Waals surface area contributed by atoms with Gasteiger partial charge in [-0.05, 0) is 24.3 Å². The fraction of sp³-hybridized carbons (Fsp3) is 0.167. The molecule has 2 amide bonds. The van der Waals surface area contributed by atoms with Gasteiger partial charge in [-0.15, -0.1) is 13.1 Å². The van der Waals surface area contributed by atoms with Crippen molar-refractivity contribution in [3.05, 3.63) is 38.1 Å². The van der Waals surface area contributed by atoms with Crippen LogP contribution in [0.25, 0.3) is 0 Å². The van der Waals surface area contributed by atoms with Gasteiger partial charge in [0.05, 0.1) is 0 Å². The first-order chi connectivity index (χ1) is 8.62. The fourth-order valence-corrected chi connectivity index (χ4v) is 1.38. The van der Waals surface area contributed by atoms with Crippen molar-refractivity contribution in [1.29, 1.82) is 0 Å². The van der Waals surface area contributed by atoms with Crippen molar-refractivity contribution in [1.82, 2.24) is 5.43 Å². The summed E-state index contributed by atoms with van der Waals surface area (Å²) < 4.78 is 0. The van der Waals surface area contributed by atoms with Crippen LogP contribution >= 0.6 is 0 Å².